The van der Waals surface area contributed by atoms with E-state index in [4.69, 9.17) is 0 Å². The van der Waals surface area contributed by atoms with Crippen molar-refractivity contribution in [1.82, 2.24) is 4.31 Å². The summed E-state index contributed by atoms with van der Waals surface area (Å²) >= 11 is 0. The monoisotopic (exact) mass is 431 g/mol. The van der Waals surface area contributed by atoms with Gasteiger partial charge >= 0.3 is 0 Å². The average Bonchev–Trinajstić information content (AvgIpc) is 3.40. The molecule has 0 aromatic heterocycles. The average molecular weight is 431 g/mol. The molecule has 2 aliphatic heterocycles. The third-order valence-corrected chi connectivity index (χ3v) is 7.37. The first kappa shape index (κ1) is 20.5. The first-order chi connectivity index (χ1) is 14.3. The van der Waals surface area contributed by atoms with Crippen molar-refractivity contribution in [3.05, 3.63) is 54.3 Å². The van der Waals surface area contributed by atoms with Crippen LogP contribution < -0.4 is 10.2 Å². The van der Waals surface area contributed by atoms with Gasteiger partial charge in [-0.15, -0.1) is 0 Å². The Labute approximate surface area is 174 Å². The Morgan fingerprint density at radius 1 is 1.00 bits per heavy atom. The lowest BCUT2D eigenvalue weighted by atomic mass is 10.1. The van der Waals surface area contributed by atoms with Crippen LogP contribution in [0.1, 0.15) is 19.3 Å². The summed E-state index contributed by atoms with van der Waals surface area (Å²) in [6.07, 6.45) is 1.79. The van der Waals surface area contributed by atoms with Crippen molar-refractivity contribution in [2.45, 2.75) is 24.2 Å². The van der Waals surface area contributed by atoms with Crippen LogP contribution in [0.15, 0.2) is 53.4 Å². The number of benzene rings is 2. The maximum Gasteiger partial charge on any atom is 0.243 e. The third-order valence-electron chi connectivity index (χ3n) is 5.46. The van der Waals surface area contributed by atoms with Crippen LogP contribution in [0.25, 0.3) is 0 Å². The van der Waals surface area contributed by atoms with Gasteiger partial charge < -0.3 is 10.2 Å². The maximum absolute atomic E-state index is 13.1. The van der Waals surface area contributed by atoms with E-state index in [0.29, 0.717) is 24.5 Å². The van der Waals surface area contributed by atoms with Crippen molar-refractivity contribution < 1.29 is 22.4 Å². The number of carbonyl (C=O) groups excluding carboxylic acids is 2. The molecule has 0 bridgehead atoms. The summed E-state index contributed by atoms with van der Waals surface area (Å²) in [5.74, 6) is -1.46. The standard InChI is InChI=1S/C21H22FN3O4S/c22-16-3-7-18(8-4-16)25-14-15(13-20(25)26)21(27)23-17-5-9-19(10-6-17)30(28,29)24-11-1-2-12-24/h3-10,15H,1-2,11-14H2,(H,23,27). The zero-order valence-electron chi connectivity index (χ0n) is 16.3. The van der Waals surface area contributed by atoms with Gasteiger partial charge in [0.25, 0.3) is 0 Å². The number of halogens is 1. The van der Waals surface area contributed by atoms with Gasteiger partial charge in [0.1, 0.15) is 5.82 Å². The minimum Gasteiger partial charge on any atom is -0.326 e. The highest BCUT2D eigenvalue weighted by Crippen LogP contribution is 2.27. The smallest absolute Gasteiger partial charge is 0.243 e. The van der Waals surface area contributed by atoms with Gasteiger partial charge in [-0.1, -0.05) is 0 Å². The highest BCUT2D eigenvalue weighted by Gasteiger charge is 2.35. The SMILES string of the molecule is O=C(Nc1ccc(S(=O)(=O)N2CCCC2)cc1)C1CC(=O)N(c2ccc(F)cc2)C1. The Balaban J connectivity index is 1.40. The fourth-order valence-electron chi connectivity index (χ4n) is 3.79. The highest BCUT2D eigenvalue weighted by atomic mass is 32.2. The summed E-state index contributed by atoms with van der Waals surface area (Å²) in [7, 11) is -3.51. The number of hydrogen-bond donors (Lipinski definition) is 1. The molecule has 2 fully saturated rings. The zero-order valence-corrected chi connectivity index (χ0v) is 17.1. The molecule has 2 aromatic rings. The molecule has 0 spiro atoms. The van der Waals surface area contributed by atoms with Crippen LogP contribution in [-0.4, -0.2) is 44.2 Å². The first-order valence-corrected chi connectivity index (χ1v) is 11.3. The van der Waals surface area contributed by atoms with Gasteiger partial charge in [0.05, 0.1) is 10.8 Å². The molecule has 4 rings (SSSR count). The molecule has 2 aromatic carbocycles. The summed E-state index contributed by atoms with van der Waals surface area (Å²) in [4.78, 5) is 26.6. The predicted molar refractivity (Wildman–Crippen MR) is 110 cm³/mol. The van der Waals surface area contributed by atoms with Crippen LogP contribution in [0.3, 0.4) is 0 Å². The van der Waals surface area contributed by atoms with Gasteiger partial charge in [-0.05, 0) is 61.4 Å². The number of carbonyl (C=O) groups is 2. The van der Waals surface area contributed by atoms with E-state index < -0.39 is 21.8 Å². The van der Waals surface area contributed by atoms with Crippen LogP contribution in [0.5, 0.6) is 0 Å². The van der Waals surface area contributed by atoms with Crippen LogP contribution in [0, 0.1) is 11.7 Å². The molecule has 0 radical (unpaired) electrons. The van der Waals surface area contributed by atoms with Gasteiger partial charge in [0.15, 0.2) is 0 Å². The lowest BCUT2D eigenvalue weighted by Gasteiger charge is -2.17. The van der Waals surface area contributed by atoms with Gasteiger partial charge in [-0.2, -0.15) is 4.31 Å². The second-order valence-electron chi connectivity index (χ2n) is 7.51. The lowest BCUT2D eigenvalue weighted by Crippen LogP contribution is -2.28. The Kier molecular flexibility index (Phi) is 5.57. The Morgan fingerprint density at radius 2 is 1.63 bits per heavy atom. The largest absolute Gasteiger partial charge is 0.326 e. The molecule has 1 atom stereocenters. The Hall–Kier alpha value is -2.78. The molecule has 2 saturated heterocycles. The molecule has 7 nitrogen and oxygen atoms in total. The zero-order chi connectivity index (χ0) is 21.3. The molecular formula is C21H22FN3O4S. The van der Waals surface area contributed by atoms with Crippen LogP contribution in [0.4, 0.5) is 15.8 Å². The fourth-order valence-corrected chi connectivity index (χ4v) is 5.30. The number of rotatable bonds is 5. The molecule has 9 heteroatoms. The molecule has 2 heterocycles. The molecule has 158 valence electrons. The number of hydrogen-bond acceptors (Lipinski definition) is 4. The van der Waals surface area contributed by atoms with Crippen LogP contribution in [0.2, 0.25) is 0 Å². The van der Waals surface area contributed by atoms with Crippen molar-refractivity contribution in [2.75, 3.05) is 29.9 Å². The molecule has 2 amide bonds. The van der Waals surface area contributed by atoms with Crippen LogP contribution in [-0.2, 0) is 19.6 Å². The first-order valence-electron chi connectivity index (χ1n) is 9.81. The Morgan fingerprint density at radius 3 is 2.27 bits per heavy atom. The second kappa shape index (κ2) is 8.16. The summed E-state index contributed by atoms with van der Waals surface area (Å²) < 4.78 is 39.7. The van der Waals surface area contributed by atoms with Crippen molar-refractivity contribution in [2.24, 2.45) is 5.92 Å². The van der Waals surface area contributed by atoms with Gasteiger partial charge in [-0.25, -0.2) is 12.8 Å². The molecular weight excluding hydrogens is 409 g/mol. The van der Waals surface area contributed by atoms with Crippen molar-refractivity contribution in [1.29, 1.82) is 0 Å². The molecule has 1 unspecified atom stereocenters. The van der Waals surface area contributed by atoms with Crippen LogP contribution >= 0.6 is 0 Å². The van der Waals surface area contributed by atoms with Gasteiger partial charge in [-0.3, -0.25) is 9.59 Å². The van der Waals surface area contributed by atoms with Gasteiger partial charge in [0, 0.05) is 37.4 Å². The predicted octanol–water partition coefficient (Wildman–Crippen LogP) is 2.60. The fraction of sp³-hybridized carbons (Fsp3) is 0.333. The normalized spacial score (nSPS) is 20.0. The van der Waals surface area contributed by atoms with E-state index in [1.54, 1.807) is 12.1 Å². The second-order valence-corrected chi connectivity index (χ2v) is 9.44. The molecule has 2 aliphatic rings. The number of nitrogens with one attached hydrogen (secondary N) is 1. The summed E-state index contributed by atoms with van der Waals surface area (Å²) in [6.45, 7) is 1.26. The van der Waals surface area contributed by atoms with Crippen molar-refractivity contribution in [3.8, 4) is 0 Å². The number of sulfonamides is 1. The summed E-state index contributed by atoms with van der Waals surface area (Å²) in [5.41, 5.74) is 1.02. The summed E-state index contributed by atoms with van der Waals surface area (Å²) in [6, 6.07) is 11.6. The van der Waals surface area contributed by atoms with E-state index in [-0.39, 0.29) is 29.7 Å². The van der Waals surface area contributed by atoms with Gasteiger partial charge in [0.2, 0.25) is 21.8 Å². The van der Waals surface area contributed by atoms with E-state index in [1.165, 1.54) is 45.6 Å². The molecule has 0 aliphatic carbocycles. The lowest BCUT2D eigenvalue weighted by molar-refractivity contribution is -0.122. The van der Waals surface area contributed by atoms with E-state index in [9.17, 15) is 22.4 Å². The number of nitrogens with zero attached hydrogens (tertiary/aromatic N) is 2. The minimum atomic E-state index is -3.51. The molecule has 30 heavy (non-hydrogen) atoms. The van der Waals surface area contributed by atoms with E-state index >= 15 is 0 Å². The van der Waals surface area contributed by atoms with E-state index in [1.807, 2.05) is 0 Å². The van der Waals surface area contributed by atoms with Crippen molar-refractivity contribution >= 4 is 33.2 Å². The Bertz CT molecular complexity index is 1050. The number of anilines is 2. The van der Waals surface area contributed by atoms with Crippen molar-refractivity contribution in [3.63, 3.8) is 0 Å². The topological polar surface area (TPSA) is 86.8 Å². The quantitative estimate of drug-likeness (QED) is 0.789. The maximum atomic E-state index is 13.1. The van der Waals surface area contributed by atoms with E-state index in [2.05, 4.69) is 5.32 Å². The van der Waals surface area contributed by atoms with E-state index in [0.717, 1.165) is 12.8 Å². The summed E-state index contributed by atoms with van der Waals surface area (Å²) in [5, 5.41) is 2.75. The molecule has 0 saturated carbocycles. The highest BCUT2D eigenvalue weighted by molar-refractivity contribution is 7.89. The minimum absolute atomic E-state index is 0.0602. The number of amides is 2. The third kappa shape index (κ3) is 4.08. The molecule has 1 N–H and O–H groups in total.